The lowest BCUT2D eigenvalue weighted by molar-refractivity contribution is -0.00656. The molecule has 1 spiro atoms. The molecule has 0 bridgehead atoms. The standard InChI is InChI=1S/C13H23NO3/c1-12(2,3)17-11(16)14-8-10(9-15)4-5-13(14)6-7-13/h10,15H,4-9H2,1-3H3. The molecule has 2 aliphatic rings. The molecule has 2 rings (SSSR count). The summed E-state index contributed by atoms with van der Waals surface area (Å²) in [4.78, 5) is 14.0. The van der Waals surface area contributed by atoms with Crippen molar-refractivity contribution in [3.8, 4) is 0 Å². The number of carbonyl (C=O) groups is 1. The second kappa shape index (κ2) is 4.16. The monoisotopic (exact) mass is 241 g/mol. The van der Waals surface area contributed by atoms with Crippen molar-refractivity contribution in [2.45, 2.75) is 57.6 Å². The van der Waals surface area contributed by atoms with Gasteiger partial charge in [-0.2, -0.15) is 0 Å². The van der Waals surface area contributed by atoms with E-state index in [1.807, 2.05) is 25.7 Å². The second-order valence-corrected chi connectivity index (χ2v) is 6.40. The first-order valence-electron chi connectivity index (χ1n) is 6.48. The molecule has 1 amide bonds. The van der Waals surface area contributed by atoms with Gasteiger partial charge in [-0.15, -0.1) is 0 Å². The molecule has 1 N–H and O–H groups in total. The minimum Gasteiger partial charge on any atom is -0.444 e. The summed E-state index contributed by atoms with van der Waals surface area (Å²) in [5.41, 5.74) is -0.382. The summed E-state index contributed by atoms with van der Waals surface area (Å²) >= 11 is 0. The van der Waals surface area contributed by atoms with Crippen LogP contribution in [0.4, 0.5) is 4.79 Å². The first kappa shape index (κ1) is 12.7. The first-order chi connectivity index (χ1) is 7.86. The van der Waals surface area contributed by atoms with E-state index in [0.29, 0.717) is 6.54 Å². The van der Waals surface area contributed by atoms with Gasteiger partial charge in [0.1, 0.15) is 5.60 Å². The maximum absolute atomic E-state index is 12.2. The third-order valence-corrected chi connectivity index (χ3v) is 3.73. The molecule has 0 aromatic carbocycles. The fraction of sp³-hybridized carbons (Fsp3) is 0.923. The van der Waals surface area contributed by atoms with E-state index >= 15 is 0 Å². The average Bonchev–Trinajstić information content (AvgIpc) is 2.97. The SMILES string of the molecule is CC(C)(C)OC(=O)N1CC(CO)CCC12CC2. The molecule has 1 aliphatic heterocycles. The van der Waals surface area contributed by atoms with Crippen molar-refractivity contribution in [2.75, 3.05) is 13.2 Å². The number of hydrogen-bond acceptors (Lipinski definition) is 3. The highest BCUT2D eigenvalue weighted by molar-refractivity contribution is 5.70. The van der Waals surface area contributed by atoms with Crippen LogP contribution in [0.15, 0.2) is 0 Å². The predicted molar refractivity (Wildman–Crippen MR) is 64.7 cm³/mol. The Morgan fingerprint density at radius 1 is 1.41 bits per heavy atom. The Kier molecular flexibility index (Phi) is 3.10. The van der Waals surface area contributed by atoms with Gasteiger partial charge in [0.2, 0.25) is 0 Å². The summed E-state index contributed by atoms with van der Waals surface area (Å²) in [7, 11) is 0. The van der Waals surface area contributed by atoms with Gasteiger partial charge in [-0.25, -0.2) is 4.79 Å². The largest absolute Gasteiger partial charge is 0.444 e. The molecule has 4 nitrogen and oxygen atoms in total. The smallest absolute Gasteiger partial charge is 0.410 e. The lowest BCUT2D eigenvalue weighted by atomic mass is 9.92. The lowest BCUT2D eigenvalue weighted by Gasteiger charge is -2.40. The minimum atomic E-state index is -0.445. The zero-order valence-corrected chi connectivity index (χ0v) is 11.0. The molecule has 1 aliphatic carbocycles. The van der Waals surface area contributed by atoms with Crippen molar-refractivity contribution >= 4 is 6.09 Å². The number of amides is 1. The normalized spacial score (nSPS) is 27.1. The van der Waals surface area contributed by atoms with Crippen molar-refractivity contribution in [1.29, 1.82) is 0 Å². The maximum atomic E-state index is 12.2. The van der Waals surface area contributed by atoms with Gasteiger partial charge >= 0.3 is 6.09 Å². The highest BCUT2D eigenvalue weighted by Gasteiger charge is 2.53. The Morgan fingerprint density at radius 3 is 2.53 bits per heavy atom. The number of rotatable bonds is 1. The van der Waals surface area contributed by atoms with E-state index in [1.54, 1.807) is 0 Å². The summed E-state index contributed by atoms with van der Waals surface area (Å²) < 4.78 is 5.45. The highest BCUT2D eigenvalue weighted by atomic mass is 16.6. The number of ether oxygens (including phenoxy) is 1. The van der Waals surface area contributed by atoms with Crippen LogP contribution >= 0.6 is 0 Å². The van der Waals surface area contributed by atoms with Crippen molar-refractivity contribution in [3.63, 3.8) is 0 Å². The van der Waals surface area contributed by atoms with Crippen molar-refractivity contribution in [3.05, 3.63) is 0 Å². The van der Waals surface area contributed by atoms with Crippen LogP contribution in [0.2, 0.25) is 0 Å². The molecular weight excluding hydrogens is 218 g/mol. The Hall–Kier alpha value is -0.770. The van der Waals surface area contributed by atoms with Gasteiger partial charge < -0.3 is 14.7 Å². The molecule has 0 radical (unpaired) electrons. The van der Waals surface area contributed by atoms with E-state index in [-0.39, 0.29) is 24.2 Å². The number of hydrogen-bond donors (Lipinski definition) is 1. The van der Waals surface area contributed by atoms with Crippen LogP contribution in [0.1, 0.15) is 46.5 Å². The molecule has 98 valence electrons. The van der Waals surface area contributed by atoms with Gasteiger partial charge in [0.05, 0.1) is 0 Å². The fourth-order valence-corrected chi connectivity index (χ4v) is 2.55. The van der Waals surface area contributed by atoms with Crippen LogP contribution in [-0.4, -0.2) is 40.4 Å². The van der Waals surface area contributed by atoms with Crippen LogP contribution in [0, 0.1) is 5.92 Å². The Balaban J connectivity index is 2.03. The quantitative estimate of drug-likeness (QED) is 0.765. The van der Waals surface area contributed by atoms with E-state index in [1.165, 1.54) is 0 Å². The third kappa shape index (κ3) is 2.73. The summed E-state index contributed by atoms with van der Waals surface area (Å²) in [6.45, 7) is 6.47. The molecular formula is C13H23NO3. The van der Waals surface area contributed by atoms with Crippen molar-refractivity contribution in [2.24, 2.45) is 5.92 Å². The van der Waals surface area contributed by atoms with E-state index < -0.39 is 5.60 Å². The van der Waals surface area contributed by atoms with E-state index in [0.717, 1.165) is 25.7 Å². The molecule has 0 aromatic rings. The number of aliphatic hydroxyl groups excluding tert-OH is 1. The number of aliphatic hydroxyl groups is 1. The van der Waals surface area contributed by atoms with Crippen LogP contribution in [0.3, 0.4) is 0 Å². The number of carbonyl (C=O) groups excluding carboxylic acids is 1. The lowest BCUT2D eigenvalue weighted by Crippen LogP contribution is -2.51. The molecule has 0 aromatic heterocycles. The van der Waals surface area contributed by atoms with Gasteiger partial charge in [-0.1, -0.05) is 0 Å². The number of likely N-dealkylation sites (tertiary alicyclic amines) is 1. The number of piperidine rings is 1. The summed E-state index contributed by atoms with van der Waals surface area (Å²) in [5.74, 6) is 0.216. The van der Waals surface area contributed by atoms with Crippen LogP contribution < -0.4 is 0 Å². The summed E-state index contributed by atoms with van der Waals surface area (Å²) in [6, 6.07) is 0. The Bertz CT molecular complexity index is 304. The van der Waals surface area contributed by atoms with Gasteiger partial charge in [0.25, 0.3) is 0 Å². The maximum Gasteiger partial charge on any atom is 0.410 e. The van der Waals surface area contributed by atoms with Crippen molar-refractivity contribution < 1.29 is 14.6 Å². The second-order valence-electron chi connectivity index (χ2n) is 6.40. The summed E-state index contributed by atoms with van der Waals surface area (Å²) in [5, 5.41) is 9.23. The van der Waals surface area contributed by atoms with Gasteiger partial charge in [-0.05, 0) is 52.4 Å². The van der Waals surface area contributed by atoms with Crippen LogP contribution in [0.5, 0.6) is 0 Å². The number of nitrogens with zero attached hydrogens (tertiary/aromatic N) is 1. The highest BCUT2D eigenvalue weighted by Crippen LogP contribution is 2.49. The van der Waals surface area contributed by atoms with E-state index in [9.17, 15) is 9.90 Å². The Morgan fingerprint density at radius 2 is 2.06 bits per heavy atom. The van der Waals surface area contributed by atoms with E-state index in [4.69, 9.17) is 4.74 Å². The van der Waals surface area contributed by atoms with Gasteiger partial charge in [-0.3, -0.25) is 0 Å². The topological polar surface area (TPSA) is 49.8 Å². The third-order valence-electron chi connectivity index (χ3n) is 3.73. The van der Waals surface area contributed by atoms with Gasteiger partial charge in [0.15, 0.2) is 0 Å². The van der Waals surface area contributed by atoms with Crippen LogP contribution in [0.25, 0.3) is 0 Å². The zero-order chi connectivity index (χ0) is 12.7. The molecule has 4 heteroatoms. The predicted octanol–water partition coefficient (Wildman–Crippen LogP) is 2.16. The molecule has 2 fully saturated rings. The molecule has 1 saturated heterocycles. The molecule has 1 heterocycles. The van der Waals surface area contributed by atoms with Crippen LogP contribution in [-0.2, 0) is 4.74 Å². The minimum absolute atomic E-state index is 0.0635. The van der Waals surface area contributed by atoms with Gasteiger partial charge in [0, 0.05) is 18.7 Å². The van der Waals surface area contributed by atoms with Crippen molar-refractivity contribution in [1.82, 2.24) is 4.90 Å². The first-order valence-corrected chi connectivity index (χ1v) is 6.48. The van der Waals surface area contributed by atoms with E-state index in [2.05, 4.69) is 0 Å². The fourth-order valence-electron chi connectivity index (χ4n) is 2.55. The Labute approximate surface area is 103 Å². The molecule has 1 atom stereocenters. The molecule has 1 saturated carbocycles. The molecule has 17 heavy (non-hydrogen) atoms. The zero-order valence-electron chi connectivity index (χ0n) is 11.0. The summed E-state index contributed by atoms with van der Waals surface area (Å²) in [6.07, 6.45) is 4.00. The average molecular weight is 241 g/mol. The molecule has 1 unspecified atom stereocenters.